The van der Waals surface area contributed by atoms with E-state index in [1.807, 2.05) is 167 Å². The fourth-order valence-electron chi connectivity index (χ4n) is 11.8. The van der Waals surface area contributed by atoms with Crippen molar-refractivity contribution in [1.82, 2.24) is 48.9 Å². The Hall–Kier alpha value is -10.2. The molecule has 714 valence electrons. The van der Waals surface area contributed by atoms with Gasteiger partial charge in [-0.15, -0.1) is 0 Å². The van der Waals surface area contributed by atoms with Crippen LogP contribution in [0.3, 0.4) is 0 Å². The number of hydrogen-bond acceptors (Lipinski definition) is 24. The van der Waals surface area contributed by atoms with Crippen molar-refractivity contribution in [3.8, 4) is 28.7 Å². The third-order valence-corrected chi connectivity index (χ3v) is 21.1. The fourth-order valence-corrected chi connectivity index (χ4v) is 13.5. The summed E-state index contributed by atoms with van der Waals surface area (Å²) in [6.07, 6.45) is 14.2. The molecule has 0 aliphatic carbocycles. The van der Waals surface area contributed by atoms with Gasteiger partial charge in [0, 0.05) is 94.1 Å². The number of pyridine rings is 5. The molecule has 0 atom stereocenters. The van der Waals surface area contributed by atoms with E-state index < -0.39 is 28.7 Å². The van der Waals surface area contributed by atoms with Crippen LogP contribution < -0.4 is 56.8 Å². The number of nitrogen functional groups attached to an aromatic ring is 1. The van der Waals surface area contributed by atoms with Crippen molar-refractivity contribution in [2.45, 2.75) is 135 Å². The molecule has 2 radical (unpaired) electrons. The minimum atomic E-state index is -0.826. The average molecular weight is 2300 g/mol. The number of nitrogens with one attached hydrogen (secondary N) is 3. The normalized spacial score (nSPS) is 10.2. The number of nitrogens with two attached hydrogens (primary N) is 3. The number of imidazole rings is 2. The third-order valence-electron chi connectivity index (χ3n) is 18.7. The van der Waals surface area contributed by atoms with Crippen LogP contribution in [0.2, 0.25) is 0 Å². The van der Waals surface area contributed by atoms with E-state index in [4.69, 9.17) is 63.8 Å². The molecule has 14 rings (SSSR count). The molecule has 0 amide bonds. The molecule has 10 N–H and O–H groups in total. The maximum atomic E-state index is 11.0. The van der Waals surface area contributed by atoms with E-state index in [0.29, 0.717) is 79.7 Å². The molecule has 14 aromatic rings. The van der Waals surface area contributed by atoms with Gasteiger partial charge in [-0.3, -0.25) is 20.2 Å². The number of benzene rings is 7. The number of nitrogens with zero attached hydrogens (tertiary/aromatic N) is 12. The molecule has 0 unspecified atom stereocenters. The van der Waals surface area contributed by atoms with E-state index in [1.165, 1.54) is 77.5 Å². The van der Waals surface area contributed by atoms with Gasteiger partial charge in [-0.2, -0.15) is 0 Å². The van der Waals surface area contributed by atoms with Crippen molar-refractivity contribution in [2.75, 3.05) is 81.0 Å². The van der Waals surface area contributed by atoms with E-state index in [0.717, 1.165) is 115 Å². The molecule has 0 saturated carbocycles. The molecule has 0 fully saturated rings. The number of rotatable bonds is 32. The van der Waals surface area contributed by atoms with E-state index >= 15 is 0 Å². The minimum absolute atomic E-state index is 0.0422. The van der Waals surface area contributed by atoms with Gasteiger partial charge < -0.3 is 76.0 Å². The summed E-state index contributed by atoms with van der Waals surface area (Å²) in [4.78, 5) is 52.6. The summed E-state index contributed by atoms with van der Waals surface area (Å²) in [7, 11) is 9.87. The van der Waals surface area contributed by atoms with Gasteiger partial charge >= 0.3 is 48.1 Å². The van der Waals surface area contributed by atoms with Crippen LogP contribution in [-0.4, -0.2) is 142 Å². The van der Waals surface area contributed by atoms with E-state index in [2.05, 4.69) is 253 Å². The Balaban J connectivity index is 0.000000277. The SMILES string of the molecule is CCN(CC)CC.CCO.CCOc1ccc(CN)cc1.CCOc1ccc(CNc2ncc(Br)cc2N)cc1.CCOc1ccc(CNc2ncc(Br)cc2[N+](=O)[O-])cc1.CCOc1ccc(Cn2cnc3cc(Br)cnc32)cc1.CCOc1ccc(Cn2cnc3cc(NCc4ccc(CC)cc4)cnc32)cc1.CCc1ccc(CN)cc1.O=[N+]([O-])c1cc(Br)cnc1Br.[Cl][Sn][Cl]. The number of aliphatic hydroxyl groups excluding tert-OH is 1. The first-order valence-electron chi connectivity index (χ1n) is 43.4. The van der Waals surface area contributed by atoms with E-state index in [-0.39, 0.29) is 28.4 Å². The van der Waals surface area contributed by atoms with Crippen LogP contribution in [0, 0.1) is 20.2 Å². The summed E-state index contributed by atoms with van der Waals surface area (Å²) in [5.41, 5.74) is 32.6. The van der Waals surface area contributed by atoms with Crippen molar-refractivity contribution in [2.24, 2.45) is 11.5 Å². The summed E-state index contributed by atoms with van der Waals surface area (Å²) in [6, 6.07) is 65.4. The van der Waals surface area contributed by atoms with Crippen LogP contribution in [0.25, 0.3) is 22.3 Å². The number of fused-ring (bicyclic) bond motifs is 2. The summed E-state index contributed by atoms with van der Waals surface area (Å²) < 4.78 is 34.3. The Morgan fingerprint density at radius 2 is 0.694 bits per heavy atom. The number of hydrogen-bond donors (Lipinski definition) is 7. The zero-order valence-corrected chi connectivity index (χ0v) is 89.5. The van der Waals surface area contributed by atoms with E-state index in [9.17, 15) is 20.2 Å². The summed E-state index contributed by atoms with van der Waals surface area (Å²) in [5.74, 6) is 5.32. The molecule has 0 bridgehead atoms. The second-order valence-corrected chi connectivity index (χ2v) is 36.8. The quantitative estimate of drug-likeness (QED) is 0.00891. The third kappa shape index (κ3) is 43.2. The predicted molar refractivity (Wildman–Crippen MR) is 563 cm³/mol. The maximum absolute atomic E-state index is 11.0. The van der Waals surface area contributed by atoms with Crippen molar-refractivity contribution >= 4 is 173 Å². The Morgan fingerprint density at radius 1 is 0.396 bits per heavy atom. The second kappa shape index (κ2) is 66.3. The number of ether oxygens (including phenoxy) is 5. The van der Waals surface area contributed by atoms with Gasteiger partial charge in [-0.05, 0) is 283 Å². The van der Waals surface area contributed by atoms with Gasteiger partial charge in [-0.25, -0.2) is 34.9 Å². The molecule has 7 heterocycles. The second-order valence-electron chi connectivity index (χ2n) is 28.1. The predicted octanol–water partition coefficient (Wildman–Crippen LogP) is 24.0. The van der Waals surface area contributed by atoms with Crippen LogP contribution in [0.15, 0.2) is 266 Å². The zero-order chi connectivity index (χ0) is 98.0. The number of halogens is 7. The zero-order valence-electron chi connectivity index (χ0n) is 77.2. The number of anilines is 4. The Bertz CT molecular complexity index is 5630. The molecule has 7 aromatic carbocycles. The Morgan fingerprint density at radius 3 is 1.04 bits per heavy atom. The molecule has 36 heteroatoms. The molecular weight excluding hydrogens is 2180 g/mol. The summed E-state index contributed by atoms with van der Waals surface area (Å²) >= 11 is 15.1. The molecule has 0 aliphatic heterocycles. The Kier molecular flexibility index (Phi) is 56.6. The van der Waals surface area contributed by atoms with Crippen molar-refractivity contribution in [1.29, 1.82) is 0 Å². The van der Waals surface area contributed by atoms with Gasteiger partial charge in [0.15, 0.2) is 15.9 Å². The standard InChI is InChI=1S/C24H26N4O.C15H14BrN3O.C14H14BrN3O3.C14H16BrN3O.C9H13NO.C9H13N.C6H15N.C5H2Br2N2O2.C2H6O.2ClH.Sn/c1-3-18-5-7-19(8-6-18)14-25-21-13-23-24(26-15-21)28(17-27-23)16-20-9-11-22(12-10-20)29-4-2;1-2-20-13-5-3-11(4-6-13)9-19-10-18-14-7-12(16)8-17-15(14)19;1-2-21-12-5-3-10(4-6-12)8-16-14-13(18(19)20)7-11(15)9-17-14;1-2-19-12-5-3-10(4-6-12)8-17-14-13(16)7-11(15)9-18-14;1-2-11-9-5-3-8(7-10)4-6-9;1-2-8-3-5-9(7-10)6-4-8;1-4-7(5-2)6-3;6-3-1-4(9(10)11)5(7)8-2-3;1-2-3;;;/h5-13,15,17,25H,3-4,14,16H2,1-2H3;3-8,10H,2,9H2,1H3;3-7,9H,2,8H2,1H3,(H,16,17);3-7,9H,2,8,16H2,1H3,(H,17,18);3-6H,2,7,10H2,1H3;3-6H,2,7,10H2,1H3;4-6H2,1-3H3;1-2H;3H,2H2,1H3;2*1H;/q;;;;;;;;;;;+2/p-2. The molecule has 7 aromatic heterocycles. The molecule has 0 saturated heterocycles. The van der Waals surface area contributed by atoms with Crippen LogP contribution in [-0.2, 0) is 58.7 Å². The summed E-state index contributed by atoms with van der Waals surface area (Å²) in [6.45, 7) is 34.2. The van der Waals surface area contributed by atoms with Gasteiger partial charge in [0.25, 0.3) is 0 Å². The van der Waals surface area contributed by atoms with Gasteiger partial charge in [0.2, 0.25) is 5.82 Å². The van der Waals surface area contributed by atoms with Crippen molar-refractivity contribution in [3.63, 3.8) is 0 Å². The van der Waals surface area contributed by atoms with Crippen LogP contribution in [0.5, 0.6) is 28.7 Å². The van der Waals surface area contributed by atoms with Gasteiger partial charge in [-0.1, -0.05) is 144 Å². The van der Waals surface area contributed by atoms with E-state index in [1.54, 1.807) is 19.3 Å². The number of aliphatic hydroxyl groups is 1. The monoisotopic (exact) mass is 2290 g/mol. The fraction of sp³-hybridized carbons (Fsp3) is 0.296. The van der Waals surface area contributed by atoms with Gasteiger partial charge in [0.1, 0.15) is 45.6 Å². The van der Waals surface area contributed by atoms with Crippen LogP contribution in [0.1, 0.15) is 126 Å². The molecular formula is C98H119Br5Cl2N18O10Sn. The first-order chi connectivity index (χ1) is 64.8. The van der Waals surface area contributed by atoms with Crippen LogP contribution in [0.4, 0.5) is 34.4 Å². The topological polar surface area (TPSA) is 370 Å². The average Bonchev–Trinajstić information content (AvgIpc) is 1.67. The molecule has 28 nitrogen and oxygen atoms in total. The first-order valence-corrected chi connectivity index (χ1v) is 54.6. The number of aromatic nitrogens is 9. The molecule has 134 heavy (non-hydrogen) atoms. The number of aryl methyl sites for hydroxylation is 2. The van der Waals surface area contributed by atoms with Crippen molar-refractivity contribution < 1.29 is 38.6 Å². The molecule has 0 spiro atoms. The Labute approximate surface area is 845 Å². The number of nitro groups is 2. The van der Waals surface area contributed by atoms with Crippen LogP contribution >= 0.6 is 97.5 Å². The molecule has 0 aliphatic rings. The first kappa shape index (κ1) is 114. The summed E-state index contributed by atoms with van der Waals surface area (Å²) in [5, 5.41) is 38.5. The van der Waals surface area contributed by atoms with Crippen molar-refractivity contribution in [3.05, 3.63) is 337 Å². The van der Waals surface area contributed by atoms with Gasteiger partial charge in [0.05, 0.1) is 86.2 Å².